The maximum absolute atomic E-state index is 13.2. The second kappa shape index (κ2) is 9.33. The standard InChI is InChI=1S/C24H34N4O3S/c1-15-10-16(2)12-27(11-15)19(29)13-28-14-25-22-20(23(28)30)17(3)21(32-22)24(31)26(4)18-8-6-5-7-9-18/h14-16,18H,5-13H2,1-4H3/t15-,16-/m1/s1. The van der Waals surface area contributed by atoms with Crippen molar-refractivity contribution in [3.05, 3.63) is 27.1 Å². The first kappa shape index (κ1) is 23.0. The summed E-state index contributed by atoms with van der Waals surface area (Å²) in [6.07, 6.45) is 8.19. The van der Waals surface area contributed by atoms with Gasteiger partial charge in [0.15, 0.2) is 0 Å². The number of aryl methyl sites for hydroxylation is 1. The van der Waals surface area contributed by atoms with E-state index in [0.717, 1.165) is 45.2 Å². The van der Waals surface area contributed by atoms with Crippen LogP contribution in [0.2, 0.25) is 0 Å². The summed E-state index contributed by atoms with van der Waals surface area (Å²) in [6.45, 7) is 7.60. The number of fused-ring (bicyclic) bond motifs is 1. The van der Waals surface area contributed by atoms with Crippen LogP contribution in [0.5, 0.6) is 0 Å². The van der Waals surface area contributed by atoms with Crippen molar-refractivity contribution in [1.82, 2.24) is 19.4 Å². The largest absolute Gasteiger partial charge is 0.341 e. The number of amides is 2. The Labute approximate surface area is 193 Å². The van der Waals surface area contributed by atoms with Gasteiger partial charge in [-0.15, -0.1) is 11.3 Å². The Bertz CT molecular complexity index is 1060. The van der Waals surface area contributed by atoms with E-state index >= 15 is 0 Å². The molecule has 4 rings (SSSR count). The minimum absolute atomic E-state index is 0.0121. The van der Waals surface area contributed by atoms with Crippen LogP contribution in [0.4, 0.5) is 0 Å². The fraction of sp³-hybridized carbons (Fsp3) is 0.667. The lowest BCUT2D eigenvalue weighted by Crippen LogP contribution is -2.44. The molecule has 0 spiro atoms. The third-order valence-electron chi connectivity index (χ3n) is 7.08. The average molecular weight is 459 g/mol. The molecule has 2 fully saturated rings. The van der Waals surface area contributed by atoms with Crippen LogP contribution in [-0.2, 0) is 11.3 Å². The van der Waals surface area contributed by atoms with Gasteiger partial charge in [0.2, 0.25) is 5.91 Å². The number of aromatic nitrogens is 2. The van der Waals surface area contributed by atoms with Gasteiger partial charge in [0, 0.05) is 26.2 Å². The minimum atomic E-state index is -0.241. The van der Waals surface area contributed by atoms with E-state index in [1.165, 1.54) is 28.7 Å². The summed E-state index contributed by atoms with van der Waals surface area (Å²) in [6, 6.07) is 0.262. The maximum atomic E-state index is 13.2. The Balaban J connectivity index is 1.57. The van der Waals surface area contributed by atoms with Gasteiger partial charge in [0.25, 0.3) is 11.5 Å². The molecule has 32 heavy (non-hydrogen) atoms. The predicted molar refractivity (Wildman–Crippen MR) is 127 cm³/mol. The van der Waals surface area contributed by atoms with E-state index in [0.29, 0.717) is 32.5 Å². The van der Waals surface area contributed by atoms with Crippen LogP contribution in [0.1, 0.15) is 67.6 Å². The number of nitrogens with zero attached hydrogens (tertiary/aromatic N) is 4. The van der Waals surface area contributed by atoms with Gasteiger partial charge in [-0.05, 0) is 43.6 Å². The topological polar surface area (TPSA) is 75.5 Å². The van der Waals surface area contributed by atoms with Crippen molar-refractivity contribution >= 4 is 33.4 Å². The van der Waals surface area contributed by atoms with Crippen LogP contribution in [0, 0.1) is 18.8 Å². The van der Waals surface area contributed by atoms with Crippen LogP contribution in [-0.4, -0.2) is 57.3 Å². The van der Waals surface area contributed by atoms with Crippen LogP contribution in [0.3, 0.4) is 0 Å². The van der Waals surface area contributed by atoms with Crippen LogP contribution >= 0.6 is 11.3 Å². The summed E-state index contributed by atoms with van der Waals surface area (Å²) in [5.41, 5.74) is 0.437. The van der Waals surface area contributed by atoms with Crippen LogP contribution in [0.25, 0.3) is 10.2 Å². The zero-order valence-electron chi connectivity index (χ0n) is 19.6. The predicted octanol–water partition coefficient (Wildman–Crippen LogP) is 3.68. The number of carbonyl (C=O) groups is 2. The van der Waals surface area contributed by atoms with Crippen molar-refractivity contribution in [3.63, 3.8) is 0 Å². The van der Waals surface area contributed by atoms with Gasteiger partial charge >= 0.3 is 0 Å². The molecule has 2 aliphatic rings. The highest BCUT2D eigenvalue weighted by atomic mass is 32.1. The fourth-order valence-corrected chi connectivity index (χ4v) is 6.50. The Hall–Kier alpha value is -2.22. The molecule has 2 amide bonds. The van der Waals surface area contributed by atoms with Crippen LogP contribution < -0.4 is 5.56 Å². The molecule has 2 aromatic heterocycles. The summed E-state index contributed by atoms with van der Waals surface area (Å²) in [4.78, 5) is 48.6. The summed E-state index contributed by atoms with van der Waals surface area (Å²) in [5, 5.41) is 0.464. The van der Waals surface area contributed by atoms with E-state index in [1.54, 1.807) is 0 Å². The molecule has 1 saturated carbocycles. The summed E-state index contributed by atoms with van der Waals surface area (Å²) in [7, 11) is 1.87. The SMILES string of the molecule is Cc1c(C(=O)N(C)C2CCCCC2)sc2ncn(CC(=O)N3C[C@H](C)C[C@@H](C)C3)c(=O)c12. The van der Waals surface area contributed by atoms with E-state index in [-0.39, 0.29) is 30.0 Å². The van der Waals surface area contributed by atoms with Gasteiger partial charge in [-0.3, -0.25) is 19.0 Å². The zero-order valence-corrected chi connectivity index (χ0v) is 20.4. The van der Waals surface area contributed by atoms with E-state index in [1.807, 2.05) is 23.8 Å². The molecule has 7 nitrogen and oxygen atoms in total. The van der Waals surface area contributed by atoms with Crippen molar-refractivity contribution in [2.45, 2.75) is 71.9 Å². The van der Waals surface area contributed by atoms with E-state index in [4.69, 9.17) is 0 Å². The highest BCUT2D eigenvalue weighted by Crippen LogP contribution is 2.30. The molecule has 174 valence electrons. The lowest BCUT2D eigenvalue weighted by Gasteiger charge is -2.35. The molecular weight excluding hydrogens is 424 g/mol. The lowest BCUT2D eigenvalue weighted by molar-refractivity contribution is -0.134. The number of carbonyl (C=O) groups excluding carboxylic acids is 2. The third kappa shape index (κ3) is 4.47. The van der Waals surface area contributed by atoms with Crippen molar-refractivity contribution in [2.75, 3.05) is 20.1 Å². The van der Waals surface area contributed by atoms with Gasteiger partial charge in [-0.1, -0.05) is 33.1 Å². The third-order valence-corrected chi connectivity index (χ3v) is 8.27. The molecule has 2 atom stereocenters. The van der Waals surface area contributed by atoms with Gasteiger partial charge < -0.3 is 9.80 Å². The summed E-state index contributed by atoms with van der Waals surface area (Å²) >= 11 is 1.28. The monoisotopic (exact) mass is 458 g/mol. The van der Waals surface area contributed by atoms with Gasteiger partial charge in [0.05, 0.1) is 16.6 Å². The molecule has 0 aromatic carbocycles. The minimum Gasteiger partial charge on any atom is -0.341 e. The molecular formula is C24H34N4O3S. The average Bonchev–Trinajstić information content (AvgIpc) is 3.11. The molecule has 0 unspecified atom stereocenters. The second-order valence-corrected chi connectivity index (χ2v) is 10.9. The molecule has 0 bridgehead atoms. The van der Waals surface area contributed by atoms with E-state index in [2.05, 4.69) is 18.8 Å². The molecule has 0 N–H and O–H groups in total. The first-order valence-electron chi connectivity index (χ1n) is 11.8. The highest BCUT2D eigenvalue weighted by Gasteiger charge is 2.28. The zero-order chi connectivity index (χ0) is 23.0. The lowest BCUT2D eigenvalue weighted by atomic mass is 9.92. The van der Waals surface area contributed by atoms with E-state index in [9.17, 15) is 14.4 Å². The second-order valence-electron chi connectivity index (χ2n) is 9.87. The van der Waals surface area contributed by atoms with Crippen LogP contribution in [0.15, 0.2) is 11.1 Å². The Morgan fingerprint density at radius 1 is 1.16 bits per heavy atom. The number of thiophene rings is 1. The van der Waals surface area contributed by atoms with Gasteiger partial charge in [-0.25, -0.2) is 4.98 Å². The Morgan fingerprint density at radius 3 is 2.47 bits per heavy atom. The Morgan fingerprint density at radius 2 is 1.81 bits per heavy atom. The molecule has 3 heterocycles. The molecule has 2 aromatic rings. The van der Waals surface area contributed by atoms with E-state index < -0.39 is 0 Å². The normalized spacial score (nSPS) is 22.3. The first-order chi connectivity index (χ1) is 15.3. The fourth-order valence-electron chi connectivity index (χ4n) is 5.38. The smallest absolute Gasteiger partial charge is 0.264 e. The number of likely N-dealkylation sites (tertiary alicyclic amines) is 1. The van der Waals surface area contributed by atoms with Gasteiger partial charge in [0.1, 0.15) is 11.4 Å². The number of hydrogen-bond acceptors (Lipinski definition) is 5. The maximum Gasteiger partial charge on any atom is 0.264 e. The Kier molecular flexibility index (Phi) is 6.70. The van der Waals surface area contributed by atoms with Crippen molar-refractivity contribution in [2.24, 2.45) is 11.8 Å². The number of rotatable bonds is 4. The number of hydrogen-bond donors (Lipinski definition) is 0. The van der Waals surface area contributed by atoms with Crippen molar-refractivity contribution in [1.29, 1.82) is 0 Å². The van der Waals surface area contributed by atoms with Crippen molar-refractivity contribution < 1.29 is 9.59 Å². The number of piperidine rings is 1. The van der Waals surface area contributed by atoms with Crippen molar-refractivity contribution in [3.8, 4) is 0 Å². The molecule has 1 aliphatic heterocycles. The molecule has 1 saturated heterocycles. The molecule has 0 radical (unpaired) electrons. The quantitative estimate of drug-likeness (QED) is 0.701. The first-order valence-corrected chi connectivity index (χ1v) is 12.6. The summed E-state index contributed by atoms with van der Waals surface area (Å²) < 4.78 is 1.40. The molecule has 8 heteroatoms. The summed E-state index contributed by atoms with van der Waals surface area (Å²) in [5.74, 6) is 0.853. The van der Waals surface area contributed by atoms with Gasteiger partial charge in [-0.2, -0.15) is 0 Å². The highest BCUT2D eigenvalue weighted by molar-refractivity contribution is 7.20. The molecule has 1 aliphatic carbocycles.